The van der Waals surface area contributed by atoms with Gasteiger partial charge in [0.1, 0.15) is 6.29 Å². The molecule has 0 rings (SSSR count). The molecule has 0 aromatic heterocycles. The van der Waals surface area contributed by atoms with Crippen molar-refractivity contribution in [3.63, 3.8) is 0 Å². The van der Waals surface area contributed by atoms with Crippen LogP contribution < -0.4 is 0 Å². The average Bonchev–Trinajstić information content (AvgIpc) is 2.19. The van der Waals surface area contributed by atoms with Gasteiger partial charge in [-0.05, 0) is 6.42 Å². The SMILES string of the molecule is C=CCN(CC=C)CC(C)(C=O)CCC. The van der Waals surface area contributed by atoms with E-state index < -0.39 is 0 Å². The van der Waals surface area contributed by atoms with Gasteiger partial charge in [-0.1, -0.05) is 32.4 Å². The summed E-state index contributed by atoms with van der Waals surface area (Å²) in [6.45, 7) is 14.0. The molecule has 2 heteroatoms. The molecule has 0 N–H and O–H groups in total. The number of carbonyl (C=O) groups is 1. The van der Waals surface area contributed by atoms with E-state index in [1.54, 1.807) is 0 Å². The number of nitrogens with zero attached hydrogens (tertiary/aromatic N) is 1. The quantitative estimate of drug-likeness (QED) is 0.430. The molecule has 1 atom stereocenters. The topological polar surface area (TPSA) is 20.3 Å². The minimum absolute atomic E-state index is 0.235. The van der Waals surface area contributed by atoms with Crippen LogP contribution >= 0.6 is 0 Å². The van der Waals surface area contributed by atoms with Crippen molar-refractivity contribution in [3.05, 3.63) is 25.3 Å². The first kappa shape index (κ1) is 14.1. The first-order chi connectivity index (χ1) is 7.11. The Hall–Kier alpha value is -0.890. The molecule has 0 amide bonds. The van der Waals surface area contributed by atoms with Gasteiger partial charge in [0.2, 0.25) is 0 Å². The van der Waals surface area contributed by atoms with Gasteiger partial charge in [-0.2, -0.15) is 0 Å². The number of hydrogen-bond acceptors (Lipinski definition) is 2. The Kier molecular flexibility index (Phi) is 6.97. The normalized spacial score (nSPS) is 14.6. The van der Waals surface area contributed by atoms with E-state index in [9.17, 15) is 4.79 Å². The Morgan fingerprint density at radius 2 is 1.80 bits per heavy atom. The zero-order valence-corrected chi connectivity index (χ0v) is 10.0. The van der Waals surface area contributed by atoms with Crippen molar-refractivity contribution in [2.75, 3.05) is 19.6 Å². The summed E-state index contributed by atoms with van der Waals surface area (Å²) in [4.78, 5) is 13.3. The van der Waals surface area contributed by atoms with Gasteiger partial charge in [0.15, 0.2) is 0 Å². The fraction of sp³-hybridized carbons (Fsp3) is 0.615. The standard InChI is InChI=1S/C13H23NO/c1-5-8-13(4,12-15)11-14(9-6-2)10-7-3/h6-7,12H,2-3,5,8-11H2,1,4H3. The van der Waals surface area contributed by atoms with Gasteiger partial charge >= 0.3 is 0 Å². The maximum atomic E-state index is 11.1. The van der Waals surface area contributed by atoms with Gasteiger partial charge in [0, 0.05) is 25.0 Å². The number of rotatable bonds is 9. The highest BCUT2D eigenvalue weighted by Crippen LogP contribution is 2.21. The number of aldehydes is 1. The molecule has 0 fully saturated rings. The first-order valence-electron chi connectivity index (χ1n) is 5.52. The van der Waals surface area contributed by atoms with Crippen LogP contribution in [0.4, 0.5) is 0 Å². The molecule has 0 bridgehead atoms. The summed E-state index contributed by atoms with van der Waals surface area (Å²) in [5, 5.41) is 0. The lowest BCUT2D eigenvalue weighted by Crippen LogP contribution is -2.37. The summed E-state index contributed by atoms with van der Waals surface area (Å²) in [6.07, 6.45) is 6.77. The highest BCUT2D eigenvalue weighted by Gasteiger charge is 2.24. The Labute approximate surface area is 93.7 Å². The van der Waals surface area contributed by atoms with Crippen LogP contribution in [-0.4, -0.2) is 30.8 Å². The van der Waals surface area contributed by atoms with Crippen LogP contribution in [-0.2, 0) is 4.79 Å². The minimum Gasteiger partial charge on any atom is -0.303 e. The molecule has 0 aromatic carbocycles. The molecule has 1 unspecified atom stereocenters. The van der Waals surface area contributed by atoms with Gasteiger partial charge in [0.05, 0.1) is 0 Å². The van der Waals surface area contributed by atoms with E-state index in [1.807, 2.05) is 19.1 Å². The molecule has 0 spiro atoms. The monoisotopic (exact) mass is 209 g/mol. The molecule has 86 valence electrons. The van der Waals surface area contributed by atoms with E-state index in [2.05, 4.69) is 25.0 Å². The van der Waals surface area contributed by atoms with Crippen LogP contribution in [0.25, 0.3) is 0 Å². The molecule has 0 heterocycles. The Morgan fingerprint density at radius 1 is 1.27 bits per heavy atom. The third kappa shape index (κ3) is 5.53. The highest BCUT2D eigenvalue weighted by molar-refractivity contribution is 5.59. The van der Waals surface area contributed by atoms with E-state index in [0.29, 0.717) is 0 Å². The van der Waals surface area contributed by atoms with Crippen molar-refractivity contribution < 1.29 is 4.79 Å². The summed E-state index contributed by atoms with van der Waals surface area (Å²) in [6, 6.07) is 0. The van der Waals surface area contributed by atoms with Crippen molar-refractivity contribution >= 4 is 6.29 Å². The van der Waals surface area contributed by atoms with E-state index in [1.165, 1.54) is 0 Å². The lowest BCUT2D eigenvalue weighted by Gasteiger charge is -2.30. The minimum atomic E-state index is -0.235. The Morgan fingerprint density at radius 3 is 2.13 bits per heavy atom. The largest absolute Gasteiger partial charge is 0.303 e. The van der Waals surface area contributed by atoms with Gasteiger partial charge in [-0.3, -0.25) is 4.90 Å². The maximum Gasteiger partial charge on any atom is 0.127 e. The van der Waals surface area contributed by atoms with Gasteiger partial charge in [-0.25, -0.2) is 0 Å². The van der Waals surface area contributed by atoms with Crippen molar-refractivity contribution in [2.24, 2.45) is 5.41 Å². The number of carbonyl (C=O) groups excluding carboxylic acids is 1. The van der Waals surface area contributed by atoms with Crippen LogP contribution in [0.1, 0.15) is 26.7 Å². The van der Waals surface area contributed by atoms with E-state index in [4.69, 9.17) is 0 Å². The Bertz CT molecular complexity index is 203. The van der Waals surface area contributed by atoms with Crippen LogP contribution in [0.2, 0.25) is 0 Å². The second-order valence-electron chi connectivity index (χ2n) is 4.29. The van der Waals surface area contributed by atoms with Crippen molar-refractivity contribution in [1.82, 2.24) is 4.90 Å². The lowest BCUT2D eigenvalue weighted by atomic mass is 9.86. The molecule has 0 aliphatic heterocycles. The molecule has 2 nitrogen and oxygen atoms in total. The summed E-state index contributed by atoms with van der Waals surface area (Å²) >= 11 is 0. The molecule has 0 aliphatic carbocycles. The van der Waals surface area contributed by atoms with Gasteiger partial charge < -0.3 is 4.79 Å². The Balaban J connectivity index is 4.37. The lowest BCUT2D eigenvalue weighted by molar-refractivity contribution is -0.116. The van der Waals surface area contributed by atoms with Crippen LogP contribution in [0, 0.1) is 5.41 Å². The molecule has 0 aromatic rings. The zero-order chi connectivity index (χ0) is 11.7. The molecular formula is C13H23NO. The predicted octanol–water partition coefficient (Wildman–Crippen LogP) is 2.67. The molecule has 0 saturated carbocycles. The van der Waals surface area contributed by atoms with Crippen molar-refractivity contribution in [1.29, 1.82) is 0 Å². The summed E-state index contributed by atoms with van der Waals surface area (Å²) in [5.41, 5.74) is -0.235. The third-order valence-corrected chi connectivity index (χ3v) is 2.47. The fourth-order valence-electron chi connectivity index (χ4n) is 1.83. The number of hydrogen-bond donors (Lipinski definition) is 0. The van der Waals surface area contributed by atoms with Crippen molar-refractivity contribution in [2.45, 2.75) is 26.7 Å². The predicted molar refractivity (Wildman–Crippen MR) is 65.9 cm³/mol. The second kappa shape index (κ2) is 7.41. The van der Waals surface area contributed by atoms with Gasteiger partial charge in [0.25, 0.3) is 0 Å². The molecule has 0 saturated heterocycles. The van der Waals surface area contributed by atoms with Crippen molar-refractivity contribution in [3.8, 4) is 0 Å². The zero-order valence-electron chi connectivity index (χ0n) is 10.0. The highest BCUT2D eigenvalue weighted by atomic mass is 16.1. The molecule has 15 heavy (non-hydrogen) atoms. The van der Waals surface area contributed by atoms with E-state index in [0.717, 1.165) is 38.8 Å². The molecular weight excluding hydrogens is 186 g/mol. The maximum absolute atomic E-state index is 11.1. The van der Waals surface area contributed by atoms with Crippen LogP contribution in [0.5, 0.6) is 0 Å². The third-order valence-electron chi connectivity index (χ3n) is 2.47. The van der Waals surface area contributed by atoms with Crippen LogP contribution in [0.15, 0.2) is 25.3 Å². The van der Waals surface area contributed by atoms with E-state index >= 15 is 0 Å². The summed E-state index contributed by atoms with van der Waals surface area (Å²) in [7, 11) is 0. The first-order valence-corrected chi connectivity index (χ1v) is 5.52. The second-order valence-corrected chi connectivity index (χ2v) is 4.29. The summed E-state index contributed by atoms with van der Waals surface area (Å²) in [5.74, 6) is 0. The average molecular weight is 209 g/mol. The summed E-state index contributed by atoms with van der Waals surface area (Å²) < 4.78 is 0. The van der Waals surface area contributed by atoms with E-state index in [-0.39, 0.29) is 5.41 Å². The molecule has 0 radical (unpaired) electrons. The van der Waals surface area contributed by atoms with Gasteiger partial charge in [-0.15, -0.1) is 13.2 Å². The molecule has 0 aliphatic rings. The fourth-order valence-corrected chi connectivity index (χ4v) is 1.83. The smallest absolute Gasteiger partial charge is 0.127 e. The van der Waals surface area contributed by atoms with Crippen LogP contribution in [0.3, 0.4) is 0 Å².